The summed E-state index contributed by atoms with van der Waals surface area (Å²) >= 11 is 0. The molecule has 0 aliphatic heterocycles. The number of rotatable bonds is 11. The Balaban J connectivity index is 1.48. The van der Waals surface area contributed by atoms with Crippen LogP contribution in [0.25, 0.3) is 16.9 Å². The van der Waals surface area contributed by atoms with Crippen molar-refractivity contribution < 1.29 is 19.5 Å². The fraction of sp³-hybridized carbons (Fsp3) is 0.353. The normalized spacial score (nSPS) is 18.1. The molecule has 2 heterocycles. The van der Waals surface area contributed by atoms with Crippen LogP contribution in [0.3, 0.4) is 0 Å². The molecular formula is C34H38N4O5. The summed E-state index contributed by atoms with van der Waals surface area (Å²) < 4.78 is 8.43. The van der Waals surface area contributed by atoms with Crippen LogP contribution in [0.1, 0.15) is 58.8 Å². The van der Waals surface area contributed by atoms with E-state index in [1.807, 2.05) is 43.3 Å². The van der Waals surface area contributed by atoms with Gasteiger partial charge in [-0.25, -0.2) is 10.2 Å². The third-order valence-electron chi connectivity index (χ3n) is 8.65. The predicted octanol–water partition coefficient (Wildman–Crippen LogP) is 5.01. The maximum absolute atomic E-state index is 13.8. The second-order valence-electron chi connectivity index (χ2n) is 11.5. The number of methoxy groups -OCH3 is 1. The van der Waals surface area contributed by atoms with Gasteiger partial charge in [0.25, 0.3) is 11.5 Å². The highest BCUT2D eigenvalue weighted by Gasteiger charge is 2.36. The van der Waals surface area contributed by atoms with E-state index in [4.69, 9.17) is 9.84 Å². The lowest BCUT2D eigenvalue weighted by Gasteiger charge is -2.19. The number of ketones is 1. The highest BCUT2D eigenvalue weighted by Crippen LogP contribution is 2.46. The third kappa shape index (κ3) is 6.53. The summed E-state index contributed by atoms with van der Waals surface area (Å²) in [6, 6.07) is 21.5. The van der Waals surface area contributed by atoms with Crippen LogP contribution in [0.5, 0.6) is 0 Å². The number of Topliss-reactive ketones (excluding diaryl/α,β-unsaturated/α-hetero) is 1. The molecular weight excluding hydrogens is 544 g/mol. The summed E-state index contributed by atoms with van der Waals surface area (Å²) in [5.74, 6) is 0.329. The lowest BCUT2D eigenvalue weighted by Crippen LogP contribution is -2.30. The molecule has 0 spiro atoms. The van der Waals surface area contributed by atoms with Gasteiger partial charge in [0.05, 0.1) is 17.1 Å². The molecule has 0 bridgehead atoms. The molecule has 9 nitrogen and oxygen atoms in total. The van der Waals surface area contributed by atoms with Crippen LogP contribution in [0, 0.1) is 18.8 Å². The fourth-order valence-electron chi connectivity index (χ4n) is 6.51. The second kappa shape index (κ2) is 13.3. The van der Waals surface area contributed by atoms with Gasteiger partial charge >= 0.3 is 0 Å². The van der Waals surface area contributed by atoms with Crippen LogP contribution in [0.15, 0.2) is 77.7 Å². The largest absolute Gasteiger partial charge is 0.385 e. The minimum atomic E-state index is -0.897. The molecule has 0 unspecified atom stereocenters. The molecule has 9 heteroatoms. The van der Waals surface area contributed by atoms with Crippen molar-refractivity contribution in [3.05, 3.63) is 106 Å². The zero-order valence-electron chi connectivity index (χ0n) is 24.8. The zero-order chi connectivity index (χ0) is 30.5. The number of ether oxygens (including phenoxy) is 1. The monoisotopic (exact) mass is 582 g/mol. The van der Waals surface area contributed by atoms with Crippen molar-refractivity contribution in [2.75, 3.05) is 13.7 Å². The Morgan fingerprint density at radius 3 is 2.44 bits per heavy atom. The van der Waals surface area contributed by atoms with Crippen LogP contribution in [-0.4, -0.2) is 45.0 Å². The first-order valence-electron chi connectivity index (χ1n) is 14.7. The Bertz CT molecular complexity index is 1640. The van der Waals surface area contributed by atoms with Crippen molar-refractivity contribution in [1.29, 1.82) is 0 Å². The SMILES string of the molecule is COCC[C@@H]1C[C@@H](CC(=O)Cc2c(C)c(-c3cc(C(=O)NO)c(=O)n(C)c3)nn2-c2ccccc2)[C@H](c2ccccc2)C1. The molecule has 0 radical (unpaired) electrons. The van der Waals surface area contributed by atoms with E-state index in [1.54, 1.807) is 30.5 Å². The van der Waals surface area contributed by atoms with Gasteiger partial charge in [-0.1, -0.05) is 48.5 Å². The van der Waals surface area contributed by atoms with Crippen molar-refractivity contribution in [2.45, 2.75) is 44.9 Å². The van der Waals surface area contributed by atoms with Crippen molar-refractivity contribution in [1.82, 2.24) is 19.8 Å². The molecule has 1 fully saturated rings. The minimum Gasteiger partial charge on any atom is -0.385 e. The number of hydroxylamine groups is 1. The smallest absolute Gasteiger partial charge is 0.280 e. The topological polar surface area (TPSA) is 115 Å². The van der Waals surface area contributed by atoms with Gasteiger partial charge < -0.3 is 9.30 Å². The number of carbonyl (C=O) groups is 2. The Kier molecular flexibility index (Phi) is 9.33. The van der Waals surface area contributed by atoms with Gasteiger partial charge in [0.1, 0.15) is 11.3 Å². The molecule has 1 amide bonds. The van der Waals surface area contributed by atoms with Crippen LogP contribution in [-0.2, 0) is 23.0 Å². The van der Waals surface area contributed by atoms with Gasteiger partial charge in [0.2, 0.25) is 0 Å². The Hall–Kier alpha value is -4.34. The molecule has 2 aromatic heterocycles. The van der Waals surface area contributed by atoms with Crippen molar-refractivity contribution in [3.8, 4) is 16.9 Å². The third-order valence-corrected chi connectivity index (χ3v) is 8.65. The number of aryl methyl sites for hydroxylation is 1. The van der Waals surface area contributed by atoms with Crippen LogP contribution in [0.2, 0.25) is 0 Å². The van der Waals surface area contributed by atoms with Crippen molar-refractivity contribution >= 4 is 11.7 Å². The number of carbonyl (C=O) groups excluding carboxylic acids is 2. The Morgan fingerprint density at radius 2 is 1.77 bits per heavy atom. The number of amides is 1. The molecule has 224 valence electrons. The van der Waals surface area contributed by atoms with E-state index in [-0.39, 0.29) is 23.7 Å². The molecule has 5 rings (SSSR count). The maximum Gasteiger partial charge on any atom is 0.280 e. The number of aromatic nitrogens is 3. The first-order valence-corrected chi connectivity index (χ1v) is 14.7. The van der Waals surface area contributed by atoms with E-state index in [2.05, 4.69) is 24.3 Å². The lowest BCUT2D eigenvalue weighted by molar-refractivity contribution is -0.119. The molecule has 2 N–H and O–H groups in total. The van der Waals surface area contributed by atoms with Crippen LogP contribution in [0.4, 0.5) is 0 Å². The molecule has 1 saturated carbocycles. The maximum atomic E-state index is 13.8. The number of nitrogens with one attached hydrogen (secondary N) is 1. The summed E-state index contributed by atoms with van der Waals surface area (Å²) in [5, 5.41) is 14.1. The average Bonchev–Trinajstić information content (AvgIpc) is 3.58. The molecule has 43 heavy (non-hydrogen) atoms. The van der Waals surface area contributed by atoms with Crippen LogP contribution < -0.4 is 11.0 Å². The van der Waals surface area contributed by atoms with E-state index in [1.165, 1.54) is 16.2 Å². The fourth-order valence-corrected chi connectivity index (χ4v) is 6.51. The standard InChI is InChI=1S/C34H38N4O5/c1-22-31(20-28(39)18-25-16-23(14-15-43-3)17-29(25)24-10-6-4-7-11-24)38(27-12-8-5-9-13-27)35-32(22)26-19-30(33(40)36-42)34(41)37(2)21-26/h4-13,19,21,23,25,29,42H,14-18,20H2,1-3H3,(H,36,40)/t23-,25+,29+/m1/s1. The van der Waals surface area contributed by atoms with Crippen molar-refractivity contribution in [3.63, 3.8) is 0 Å². The van der Waals surface area contributed by atoms with Gasteiger partial charge in [-0.05, 0) is 73.3 Å². The summed E-state index contributed by atoms with van der Waals surface area (Å²) in [6.45, 7) is 2.63. The Morgan fingerprint density at radius 1 is 1.07 bits per heavy atom. The zero-order valence-corrected chi connectivity index (χ0v) is 24.8. The second-order valence-corrected chi connectivity index (χ2v) is 11.5. The highest BCUT2D eigenvalue weighted by molar-refractivity contribution is 5.94. The van der Waals surface area contributed by atoms with E-state index < -0.39 is 11.5 Å². The van der Waals surface area contributed by atoms with Gasteiger partial charge in [0, 0.05) is 45.4 Å². The molecule has 0 saturated heterocycles. The number of benzene rings is 2. The van der Waals surface area contributed by atoms with Gasteiger partial charge in [-0.2, -0.15) is 5.10 Å². The Labute approximate surface area is 251 Å². The predicted molar refractivity (Wildman–Crippen MR) is 163 cm³/mol. The summed E-state index contributed by atoms with van der Waals surface area (Å²) in [6.07, 6.45) is 5.31. The number of hydrogen-bond donors (Lipinski definition) is 2. The quantitative estimate of drug-likeness (QED) is 0.190. The summed E-state index contributed by atoms with van der Waals surface area (Å²) in [7, 11) is 3.27. The molecule has 2 aromatic carbocycles. The van der Waals surface area contributed by atoms with Gasteiger partial charge in [0.15, 0.2) is 0 Å². The van der Waals surface area contributed by atoms with Gasteiger partial charge in [-0.15, -0.1) is 0 Å². The van der Waals surface area contributed by atoms with Crippen molar-refractivity contribution in [2.24, 2.45) is 18.9 Å². The summed E-state index contributed by atoms with van der Waals surface area (Å²) in [4.78, 5) is 38.6. The van der Waals surface area contributed by atoms with E-state index in [0.717, 1.165) is 42.8 Å². The number of para-hydroxylation sites is 1. The lowest BCUT2D eigenvalue weighted by atomic mass is 9.85. The minimum absolute atomic E-state index is 0.144. The van der Waals surface area contributed by atoms with E-state index in [9.17, 15) is 19.6 Å². The molecule has 3 atom stereocenters. The van der Waals surface area contributed by atoms with E-state index in [0.29, 0.717) is 29.5 Å². The highest BCUT2D eigenvalue weighted by atomic mass is 16.5. The first kappa shape index (κ1) is 30.1. The number of hydrogen-bond acceptors (Lipinski definition) is 6. The van der Waals surface area contributed by atoms with Crippen LogP contribution >= 0.6 is 0 Å². The number of nitrogens with zero attached hydrogens (tertiary/aromatic N) is 3. The van der Waals surface area contributed by atoms with E-state index >= 15 is 0 Å². The average molecular weight is 583 g/mol. The number of pyridine rings is 1. The first-order chi connectivity index (χ1) is 20.8. The molecule has 1 aliphatic rings. The van der Waals surface area contributed by atoms with Gasteiger partial charge in [-0.3, -0.25) is 19.6 Å². The molecule has 1 aliphatic carbocycles. The molecule has 4 aromatic rings. The summed E-state index contributed by atoms with van der Waals surface area (Å²) in [5.41, 5.74) is 5.52.